The van der Waals surface area contributed by atoms with Crippen molar-refractivity contribution in [1.29, 1.82) is 0 Å². The Hall–Kier alpha value is -0.780. The van der Waals surface area contributed by atoms with Crippen LogP contribution in [0.1, 0.15) is 5.56 Å². The van der Waals surface area contributed by atoms with Crippen LogP contribution in [0, 0.1) is 0 Å². The summed E-state index contributed by atoms with van der Waals surface area (Å²) in [5.74, 6) is 0.405. The van der Waals surface area contributed by atoms with Gasteiger partial charge in [-0.25, -0.2) is 0 Å². The summed E-state index contributed by atoms with van der Waals surface area (Å²) in [6, 6.07) is 6.48. The molecular weight excluding hydrogens is 285 g/mol. The van der Waals surface area contributed by atoms with E-state index in [0.29, 0.717) is 5.56 Å². The molecule has 0 bridgehead atoms. The number of halogens is 2. The number of sulfonamides is 1. The molecule has 92 valence electrons. The molecule has 0 radical (unpaired) electrons. The van der Waals surface area contributed by atoms with E-state index in [9.17, 15) is 8.42 Å². The van der Waals surface area contributed by atoms with Crippen LogP contribution in [0.5, 0.6) is 0 Å². The van der Waals surface area contributed by atoms with E-state index in [-0.39, 0.29) is 22.6 Å². The summed E-state index contributed by atoms with van der Waals surface area (Å²) in [4.78, 5) is 0.151. The Morgan fingerprint density at radius 1 is 1.24 bits per heavy atom. The first-order chi connectivity index (χ1) is 8.08. The molecule has 0 saturated heterocycles. The van der Waals surface area contributed by atoms with Crippen molar-refractivity contribution in [3.63, 3.8) is 0 Å². The largest absolute Gasteiger partial charge is 0.471 e. The van der Waals surface area contributed by atoms with Gasteiger partial charge in [-0.15, -0.1) is 27.6 Å². The molecule has 0 aliphatic carbocycles. The molecule has 1 aromatic carbocycles. The van der Waals surface area contributed by atoms with Gasteiger partial charge in [0.05, 0.1) is 17.3 Å². The van der Waals surface area contributed by atoms with Crippen molar-refractivity contribution in [2.45, 2.75) is 11.0 Å². The lowest BCUT2D eigenvalue weighted by atomic mass is 10.2. The Kier molecular flexibility index (Phi) is 3.61. The molecule has 4 nitrogen and oxygen atoms in total. The highest BCUT2D eigenvalue weighted by Gasteiger charge is 2.30. The van der Waals surface area contributed by atoms with Crippen molar-refractivity contribution < 1.29 is 13.2 Å². The van der Waals surface area contributed by atoms with Gasteiger partial charge in [-0.05, 0) is 12.1 Å². The fraction of sp³-hybridized carbons (Fsp3) is 0.300. The lowest BCUT2D eigenvalue weighted by molar-refractivity contribution is 0.236. The molecule has 1 aliphatic heterocycles. The lowest BCUT2D eigenvalue weighted by Crippen LogP contribution is -2.21. The number of fused-ring (bicyclic) bond motifs is 1. The van der Waals surface area contributed by atoms with Gasteiger partial charge in [-0.3, -0.25) is 0 Å². The summed E-state index contributed by atoms with van der Waals surface area (Å²) < 4.78 is 32.3. The summed E-state index contributed by atoms with van der Waals surface area (Å²) in [6.45, 7) is 0. The van der Waals surface area contributed by atoms with E-state index in [1.807, 2.05) is 0 Å². The van der Waals surface area contributed by atoms with Crippen molar-refractivity contribution in [3.8, 4) is 0 Å². The zero-order valence-corrected chi connectivity index (χ0v) is 11.0. The molecule has 0 saturated carbocycles. The third kappa shape index (κ3) is 2.41. The van der Waals surface area contributed by atoms with Crippen molar-refractivity contribution in [1.82, 2.24) is 0 Å². The van der Waals surface area contributed by atoms with Crippen molar-refractivity contribution in [2.24, 2.45) is 4.40 Å². The van der Waals surface area contributed by atoms with Gasteiger partial charge >= 0.3 is 0 Å². The lowest BCUT2D eigenvalue weighted by Gasteiger charge is -2.12. The van der Waals surface area contributed by atoms with E-state index in [0.717, 1.165) is 0 Å². The van der Waals surface area contributed by atoms with E-state index >= 15 is 0 Å². The first-order valence-electron chi connectivity index (χ1n) is 4.81. The van der Waals surface area contributed by atoms with Gasteiger partial charge < -0.3 is 4.74 Å². The standard InChI is InChI=1S/C10H9Cl2NO3S/c11-5-7(6-12)16-10-8-3-1-2-4-9(8)17(14,15)13-10/h1-4,7H,5-6H2. The first kappa shape index (κ1) is 12.7. The van der Waals surface area contributed by atoms with Crippen LogP contribution in [-0.4, -0.2) is 32.2 Å². The van der Waals surface area contributed by atoms with Crippen LogP contribution in [-0.2, 0) is 14.8 Å². The molecule has 0 atom stereocenters. The predicted octanol–water partition coefficient (Wildman–Crippen LogP) is 2.00. The van der Waals surface area contributed by atoms with Crippen LogP contribution in [0.25, 0.3) is 0 Å². The van der Waals surface area contributed by atoms with Gasteiger partial charge in [0, 0.05) is 0 Å². The summed E-state index contributed by atoms with van der Waals surface area (Å²) in [5.41, 5.74) is 0.452. The third-order valence-electron chi connectivity index (χ3n) is 2.22. The zero-order chi connectivity index (χ0) is 12.5. The quantitative estimate of drug-likeness (QED) is 0.801. The molecule has 0 aromatic heterocycles. The number of rotatable bonds is 3. The molecule has 0 unspecified atom stereocenters. The Balaban J connectivity index is 2.38. The predicted molar refractivity (Wildman–Crippen MR) is 66.5 cm³/mol. The monoisotopic (exact) mass is 293 g/mol. The van der Waals surface area contributed by atoms with Gasteiger partial charge in [-0.1, -0.05) is 12.1 Å². The number of alkyl halides is 2. The molecule has 17 heavy (non-hydrogen) atoms. The molecule has 0 amide bonds. The zero-order valence-electron chi connectivity index (χ0n) is 8.64. The number of ether oxygens (including phenoxy) is 1. The number of benzene rings is 1. The second-order valence-corrected chi connectivity index (χ2v) is 5.61. The topological polar surface area (TPSA) is 55.7 Å². The van der Waals surface area contributed by atoms with Gasteiger partial charge in [0.15, 0.2) is 0 Å². The molecule has 7 heteroatoms. The van der Waals surface area contributed by atoms with Crippen LogP contribution in [0.15, 0.2) is 33.6 Å². The number of nitrogens with zero attached hydrogens (tertiary/aromatic N) is 1. The maximum absolute atomic E-state index is 11.7. The minimum Gasteiger partial charge on any atom is -0.471 e. The maximum Gasteiger partial charge on any atom is 0.286 e. The van der Waals surface area contributed by atoms with E-state index < -0.39 is 16.1 Å². The van der Waals surface area contributed by atoms with Crippen LogP contribution in [0.4, 0.5) is 0 Å². The molecule has 0 fully saturated rings. The minimum absolute atomic E-state index is 0.0619. The van der Waals surface area contributed by atoms with Gasteiger partial charge in [0.25, 0.3) is 10.0 Å². The highest BCUT2D eigenvalue weighted by molar-refractivity contribution is 7.90. The Morgan fingerprint density at radius 2 is 1.88 bits per heavy atom. The molecule has 0 spiro atoms. The Bertz CT molecular complexity index is 552. The highest BCUT2D eigenvalue weighted by atomic mass is 35.5. The minimum atomic E-state index is -3.64. The smallest absolute Gasteiger partial charge is 0.286 e. The molecule has 2 rings (SSSR count). The molecule has 1 heterocycles. The first-order valence-corrected chi connectivity index (χ1v) is 7.32. The second-order valence-electron chi connectivity index (χ2n) is 3.42. The van der Waals surface area contributed by atoms with Crippen molar-refractivity contribution in [2.75, 3.05) is 11.8 Å². The average Bonchev–Trinajstić information content (AvgIpc) is 2.59. The Morgan fingerprint density at radius 3 is 2.53 bits per heavy atom. The SMILES string of the molecule is O=S1(=O)N=C(OC(CCl)CCl)c2ccccc21. The van der Waals surface area contributed by atoms with Gasteiger partial charge in [-0.2, -0.15) is 8.42 Å². The fourth-order valence-electron chi connectivity index (χ4n) is 1.42. The van der Waals surface area contributed by atoms with Gasteiger partial charge in [0.1, 0.15) is 11.0 Å². The third-order valence-corrected chi connectivity index (χ3v) is 4.23. The summed E-state index contributed by atoms with van der Waals surface area (Å²) in [5, 5.41) is 0. The second kappa shape index (κ2) is 4.84. The van der Waals surface area contributed by atoms with Crippen LogP contribution >= 0.6 is 23.2 Å². The normalized spacial score (nSPS) is 16.8. The van der Waals surface area contributed by atoms with E-state index in [1.54, 1.807) is 18.2 Å². The van der Waals surface area contributed by atoms with Crippen LogP contribution in [0.3, 0.4) is 0 Å². The van der Waals surface area contributed by atoms with Gasteiger partial charge in [0.2, 0.25) is 5.90 Å². The highest BCUT2D eigenvalue weighted by Crippen LogP contribution is 2.26. The van der Waals surface area contributed by atoms with Crippen molar-refractivity contribution >= 4 is 39.1 Å². The summed E-state index contributed by atoms with van der Waals surface area (Å²) in [7, 11) is -3.64. The van der Waals surface area contributed by atoms with E-state index in [1.165, 1.54) is 6.07 Å². The van der Waals surface area contributed by atoms with Crippen LogP contribution < -0.4 is 0 Å². The maximum atomic E-state index is 11.7. The molecular formula is C10H9Cl2NO3S. The number of hydrogen-bond donors (Lipinski definition) is 0. The fourth-order valence-corrected chi connectivity index (χ4v) is 3.02. The molecule has 1 aromatic rings. The average molecular weight is 294 g/mol. The molecule has 1 aliphatic rings. The molecule has 0 N–H and O–H groups in total. The van der Waals surface area contributed by atoms with Crippen molar-refractivity contribution in [3.05, 3.63) is 29.8 Å². The van der Waals surface area contributed by atoms with E-state index in [2.05, 4.69) is 4.40 Å². The summed E-state index contributed by atoms with van der Waals surface area (Å²) >= 11 is 11.3. The Labute approximate surface area is 109 Å². The number of hydrogen-bond acceptors (Lipinski definition) is 3. The van der Waals surface area contributed by atoms with Crippen LogP contribution in [0.2, 0.25) is 0 Å². The summed E-state index contributed by atoms with van der Waals surface area (Å²) in [6.07, 6.45) is -0.460. The van der Waals surface area contributed by atoms with E-state index in [4.69, 9.17) is 27.9 Å².